The van der Waals surface area contributed by atoms with Crippen LogP contribution in [0.4, 0.5) is 0 Å². The van der Waals surface area contributed by atoms with Crippen molar-refractivity contribution >= 4 is 50.7 Å². The summed E-state index contributed by atoms with van der Waals surface area (Å²) in [5.74, 6) is -0.537. The lowest BCUT2D eigenvalue weighted by atomic mass is 10.1. The van der Waals surface area contributed by atoms with E-state index in [0.717, 1.165) is 20.8 Å². The Morgan fingerprint density at radius 2 is 2.00 bits per heavy atom. The van der Waals surface area contributed by atoms with Gasteiger partial charge < -0.3 is 0 Å². The van der Waals surface area contributed by atoms with Crippen LogP contribution in [0.2, 0.25) is 10.0 Å². The van der Waals surface area contributed by atoms with Gasteiger partial charge in [-0.2, -0.15) is 0 Å². The summed E-state index contributed by atoms with van der Waals surface area (Å²) in [6.45, 7) is 0. The van der Waals surface area contributed by atoms with Crippen molar-refractivity contribution < 1.29 is 10.0 Å². The Morgan fingerprint density at radius 3 is 2.77 bits per heavy atom. The number of benzene rings is 2. The summed E-state index contributed by atoms with van der Waals surface area (Å²) in [6, 6.07) is 10.6. The molecule has 0 fully saturated rings. The van der Waals surface area contributed by atoms with Gasteiger partial charge in [-0.1, -0.05) is 35.3 Å². The number of rotatable bonds is 3. The van der Waals surface area contributed by atoms with Crippen molar-refractivity contribution in [3.05, 3.63) is 62.6 Å². The van der Waals surface area contributed by atoms with E-state index in [1.54, 1.807) is 35.8 Å². The molecule has 3 aromatic rings. The summed E-state index contributed by atoms with van der Waals surface area (Å²) in [7, 11) is 0. The predicted molar refractivity (Wildman–Crippen MR) is 88.1 cm³/mol. The van der Waals surface area contributed by atoms with E-state index in [4.69, 9.17) is 28.4 Å². The normalized spacial score (nSPS) is 10.9. The first-order valence-corrected chi connectivity index (χ1v) is 7.92. The van der Waals surface area contributed by atoms with Crippen LogP contribution in [0, 0.1) is 0 Å². The van der Waals surface area contributed by atoms with Gasteiger partial charge in [0.15, 0.2) is 0 Å². The number of hydrogen-bond acceptors (Lipinski definition) is 4. The maximum atomic E-state index is 11.4. The zero-order valence-corrected chi connectivity index (χ0v) is 13.5. The molecule has 0 aliphatic rings. The molecule has 0 unspecified atom stereocenters. The zero-order valence-electron chi connectivity index (χ0n) is 11.1. The van der Waals surface area contributed by atoms with Crippen LogP contribution in [0.1, 0.15) is 20.9 Å². The number of aromatic nitrogens is 1. The van der Waals surface area contributed by atoms with Gasteiger partial charge in [-0.05, 0) is 29.8 Å². The van der Waals surface area contributed by atoms with Crippen LogP contribution in [-0.2, 0) is 6.42 Å². The van der Waals surface area contributed by atoms with Gasteiger partial charge in [0, 0.05) is 12.0 Å². The third-order valence-electron chi connectivity index (χ3n) is 3.12. The van der Waals surface area contributed by atoms with Gasteiger partial charge in [-0.25, -0.2) is 10.5 Å². The van der Waals surface area contributed by atoms with E-state index in [9.17, 15) is 4.79 Å². The maximum absolute atomic E-state index is 11.4. The molecule has 0 spiro atoms. The number of halogens is 2. The second-order valence-electron chi connectivity index (χ2n) is 4.66. The Bertz CT molecular complexity index is 825. The molecule has 0 radical (unpaired) electrons. The van der Waals surface area contributed by atoms with Crippen LogP contribution in [-0.4, -0.2) is 16.1 Å². The summed E-state index contributed by atoms with van der Waals surface area (Å²) >= 11 is 13.5. The van der Waals surface area contributed by atoms with Crippen LogP contribution >= 0.6 is 34.5 Å². The highest BCUT2D eigenvalue weighted by Crippen LogP contribution is 2.31. The summed E-state index contributed by atoms with van der Waals surface area (Å²) in [5.41, 5.74) is 3.75. The Balaban J connectivity index is 1.91. The van der Waals surface area contributed by atoms with Crippen molar-refractivity contribution in [2.24, 2.45) is 0 Å². The second kappa shape index (κ2) is 6.22. The summed E-state index contributed by atoms with van der Waals surface area (Å²) < 4.78 is 0.966. The van der Waals surface area contributed by atoms with E-state index in [1.165, 1.54) is 11.3 Å². The summed E-state index contributed by atoms with van der Waals surface area (Å²) in [4.78, 5) is 16.0. The van der Waals surface area contributed by atoms with Crippen molar-refractivity contribution in [2.75, 3.05) is 0 Å². The van der Waals surface area contributed by atoms with E-state index in [-0.39, 0.29) is 0 Å². The Hall–Kier alpha value is -1.66. The number of thiazole rings is 1. The summed E-state index contributed by atoms with van der Waals surface area (Å²) in [5, 5.41) is 10.6. The molecule has 2 aromatic carbocycles. The number of nitrogens with zero attached hydrogens (tertiary/aromatic N) is 1. The number of fused-ring (bicyclic) bond motifs is 1. The first-order valence-electron chi connectivity index (χ1n) is 6.34. The minimum Gasteiger partial charge on any atom is -0.288 e. The topological polar surface area (TPSA) is 62.2 Å². The molecule has 0 saturated carbocycles. The number of nitrogens with one attached hydrogen (secondary N) is 1. The van der Waals surface area contributed by atoms with Crippen molar-refractivity contribution in [3.8, 4) is 0 Å². The number of carbonyl (C=O) groups excluding carboxylic acids is 1. The third kappa shape index (κ3) is 3.08. The lowest BCUT2D eigenvalue weighted by molar-refractivity contribution is 0.0706. The van der Waals surface area contributed by atoms with Crippen LogP contribution < -0.4 is 5.48 Å². The Labute approximate surface area is 140 Å². The first-order chi connectivity index (χ1) is 10.6. The lowest BCUT2D eigenvalue weighted by Gasteiger charge is -2.02. The molecular formula is C15H10Cl2N2O2S. The monoisotopic (exact) mass is 352 g/mol. The van der Waals surface area contributed by atoms with Crippen LogP contribution in [0.3, 0.4) is 0 Å². The zero-order chi connectivity index (χ0) is 15.7. The molecule has 0 bridgehead atoms. The molecular weight excluding hydrogens is 343 g/mol. The number of hydrogen-bond donors (Lipinski definition) is 2. The summed E-state index contributed by atoms with van der Waals surface area (Å²) in [6.07, 6.45) is 0.584. The molecule has 3 rings (SSSR count). The fourth-order valence-corrected chi connectivity index (χ4v) is 3.52. The minimum absolute atomic E-state index is 0.396. The molecule has 112 valence electrons. The molecule has 4 nitrogen and oxygen atoms in total. The van der Waals surface area contributed by atoms with Crippen molar-refractivity contribution in [2.45, 2.75) is 6.42 Å². The highest BCUT2D eigenvalue weighted by Gasteiger charge is 2.10. The number of carbonyl (C=O) groups is 1. The van der Waals surface area contributed by atoms with Crippen LogP contribution in [0.25, 0.3) is 10.2 Å². The van der Waals surface area contributed by atoms with Gasteiger partial charge in [0.25, 0.3) is 5.91 Å². The Kier molecular flexibility index (Phi) is 4.31. The molecule has 1 heterocycles. The van der Waals surface area contributed by atoms with E-state index >= 15 is 0 Å². The lowest BCUT2D eigenvalue weighted by Crippen LogP contribution is -2.18. The van der Waals surface area contributed by atoms with Gasteiger partial charge in [0.05, 0.1) is 25.3 Å². The van der Waals surface area contributed by atoms with E-state index in [2.05, 4.69) is 4.98 Å². The molecule has 0 aliphatic carbocycles. The average Bonchev–Trinajstić information content (AvgIpc) is 2.88. The molecule has 7 heteroatoms. The number of amides is 1. The maximum Gasteiger partial charge on any atom is 0.274 e. The third-order valence-corrected chi connectivity index (χ3v) is 4.86. The van der Waals surface area contributed by atoms with E-state index < -0.39 is 5.91 Å². The fourth-order valence-electron chi connectivity index (χ4n) is 2.11. The molecule has 0 saturated heterocycles. The quantitative estimate of drug-likeness (QED) is 0.545. The van der Waals surface area contributed by atoms with Crippen molar-refractivity contribution in [3.63, 3.8) is 0 Å². The predicted octanol–water partition coefficient (Wildman–Crippen LogP) is 4.31. The number of hydroxylamine groups is 1. The highest BCUT2D eigenvalue weighted by atomic mass is 35.5. The average molecular weight is 353 g/mol. The van der Waals surface area contributed by atoms with E-state index in [1.807, 2.05) is 6.07 Å². The Morgan fingerprint density at radius 1 is 1.23 bits per heavy atom. The van der Waals surface area contributed by atoms with Crippen LogP contribution in [0.15, 0.2) is 36.4 Å². The fraction of sp³-hybridized carbons (Fsp3) is 0.0667. The van der Waals surface area contributed by atoms with Gasteiger partial charge in [0.2, 0.25) is 0 Å². The van der Waals surface area contributed by atoms with Crippen LogP contribution in [0.5, 0.6) is 0 Å². The largest absolute Gasteiger partial charge is 0.288 e. The SMILES string of the molecule is O=C(NO)c1cccc(Cc2nc3cc(Cl)c(Cl)cc3s2)c1. The smallest absolute Gasteiger partial charge is 0.274 e. The van der Waals surface area contributed by atoms with Crippen molar-refractivity contribution in [1.82, 2.24) is 10.5 Å². The minimum atomic E-state index is -0.537. The van der Waals surface area contributed by atoms with Gasteiger partial charge >= 0.3 is 0 Å². The van der Waals surface area contributed by atoms with E-state index in [0.29, 0.717) is 22.0 Å². The molecule has 0 atom stereocenters. The van der Waals surface area contributed by atoms with Gasteiger partial charge in [-0.15, -0.1) is 11.3 Å². The molecule has 1 amide bonds. The first kappa shape index (κ1) is 15.2. The van der Waals surface area contributed by atoms with Crippen molar-refractivity contribution in [1.29, 1.82) is 0 Å². The second-order valence-corrected chi connectivity index (χ2v) is 6.59. The molecule has 1 aromatic heterocycles. The highest BCUT2D eigenvalue weighted by molar-refractivity contribution is 7.18. The standard InChI is InChI=1S/C15H10Cl2N2O2S/c16-10-6-12-13(7-11(10)17)22-14(18-12)5-8-2-1-3-9(4-8)15(20)19-21/h1-4,6-7,21H,5H2,(H,19,20). The van der Waals surface area contributed by atoms with Gasteiger partial charge in [-0.3, -0.25) is 10.0 Å². The molecule has 2 N–H and O–H groups in total. The molecule has 0 aliphatic heterocycles. The van der Waals surface area contributed by atoms with Gasteiger partial charge in [0.1, 0.15) is 0 Å². The molecule has 22 heavy (non-hydrogen) atoms.